The summed E-state index contributed by atoms with van der Waals surface area (Å²) in [6.45, 7) is 0. The van der Waals surface area contributed by atoms with Crippen LogP contribution in [0.3, 0.4) is 0 Å². The fourth-order valence-electron chi connectivity index (χ4n) is 1.76. The number of aliphatic hydroxyl groups is 1. The molecule has 0 saturated carbocycles. The normalized spacial score (nSPS) is 12.5. The molecule has 0 fully saturated rings. The molecule has 0 radical (unpaired) electrons. The molecule has 2 aromatic carbocycles. The first-order chi connectivity index (χ1) is 8.99. The Morgan fingerprint density at radius 1 is 1.00 bits per heavy atom. The third-order valence-corrected chi connectivity index (χ3v) is 5.38. The number of rotatable bonds is 3. The monoisotopic (exact) mass is 422 g/mol. The van der Waals surface area contributed by atoms with Crippen molar-refractivity contribution >= 4 is 55.1 Å². The fourth-order valence-corrected chi connectivity index (χ4v) is 2.95. The minimum absolute atomic E-state index is 0.382. The van der Waals surface area contributed by atoms with Crippen molar-refractivity contribution in [2.24, 2.45) is 0 Å². The van der Waals surface area contributed by atoms with Crippen LogP contribution in [0.5, 0.6) is 0 Å². The second-order valence-corrected chi connectivity index (χ2v) is 6.62. The van der Waals surface area contributed by atoms with Crippen molar-refractivity contribution in [2.45, 2.75) is 12.5 Å². The highest BCUT2D eigenvalue weighted by atomic mass is 79.9. The van der Waals surface area contributed by atoms with Crippen LogP contribution < -0.4 is 0 Å². The van der Waals surface area contributed by atoms with E-state index in [1.807, 2.05) is 18.2 Å². The van der Waals surface area contributed by atoms with E-state index in [1.165, 1.54) is 0 Å². The Labute approximate surface area is 138 Å². The Kier molecular flexibility index (Phi) is 5.32. The zero-order valence-electron chi connectivity index (χ0n) is 9.71. The molecule has 2 rings (SSSR count). The summed E-state index contributed by atoms with van der Waals surface area (Å²) in [5, 5.41) is 11.4. The van der Waals surface area contributed by atoms with E-state index in [-0.39, 0.29) is 0 Å². The molecule has 2 aromatic rings. The van der Waals surface area contributed by atoms with E-state index in [0.717, 1.165) is 20.1 Å². The summed E-state index contributed by atoms with van der Waals surface area (Å²) >= 11 is 19.0. The van der Waals surface area contributed by atoms with Crippen molar-refractivity contribution in [1.29, 1.82) is 0 Å². The molecule has 0 saturated heterocycles. The second-order valence-electron chi connectivity index (χ2n) is 4.09. The van der Waals surface area contributed by atoms with Crippen LogP contribution in [0.15, 0.2) is 45.3 Å². The Bertz CT molecular complexity index is 582. The van der Waals surface area contributed by atoms with Crippen LogP contribution >= 0.6 is 55.1 Å². The summed E-state index contributed by atoms with van der Waals surface area (Å²) in [4.78, 5) is 0. The molecule has 0 bridgehead atoms. The number of hydrogen-bond donors (Lipinski definition) is 1. The van der Waals surface area contributed by atoms with Crippen LogP contribution in [0, 0.1) is 0 Å². The lowest BCUT2D eigenvalue weighted by Crippen LogP contribution is -2.03. The van der Waals surface area contributed by atoms with Gasteiger partial charge in [0.15, 0.2) is 0 Å². The highest BCUT2D eigenvalue weighted by Gasteiger charge is 2.14. The largest absolute Gasteiger partial charge is 0.388 e. The van der Waals surface area contributed by atoms with Gasteiger partial charge in [0, 0.05) is 25.4 Å². The highest BCUT2D eigenvalue weighted by molar-refractivity contribution is 9.13. The van der Waals surface area contributed by atoms with E-state index in [0.29, 0.717) is 16.5 Å². The summed E-state index contributed by atoms with van der Waals surface area (Å²) < 4.78 is 1.84. The summed E-state index contributed by atoms with van der Waals surface area (Å²) in [5.74, 6) is 0. The van der Waals surface area contributed by atoms with E-state index >= 15 is 0 Å². The molecule has 0 aliphatic carbocycles. The van der Waals surface area contributed by atoms with Crippen molar-refractivity contribution < 1.29 is 5.11 Å². The van der Waals surface area contributed by atoms with Crippen LogP contribution in [0.2, 0.25) is 10.0 Å². The van der Waals surface area contributed by atoms with Gasteiger partial charge in [-0.25, -0.2) is 0 Å². The molecular formula is C14H10Br2Cl2O. The Morgan fingerprint density at radius 2 is 1.63 bits per heavy atom. The number of benzene rings is 2. The lowest BCUT2D eigenvalue weighted by molar-refractivity contribution is 0.178. The van der Waals surface area contributed by atoms with Crippen LogP contribution in [-0.4, -0.2) is 5.11 Å². The van der Waals surface area contributed by atoms with Gasteiger partial charge in [0.25, 0.3) is 0 Å². The maximum Gasteiger partial charge on any atom is 0.0831 e. The number of halogens is 4. The summed E-state index contributed by atoms with van der Waals surface area (Å²) in [7, 11) is 0. The predicted molar refractivity (Wildman–Crippen MR) is 87.0 cm³/mol. The zero-order chi connectivity index (χ0) is 14.0. The van der Waals surface area contributed by atoms with Gasteiger partial charge in [0.1, 0.15) is 0 Å². The van der Waals surface area contributed by atoms with Crippen molar-refractivity contribution in [3.63, 3.8) is 0 Å². The molecule has 1 N–H and O–H groups in total. The number of hydrogen-bond acceptors (Lipinski definition) is 1. The first kappa shape index (κ1) is 15.3. The van der Waals surface area contributed by atoms with Gasteiger partial charge in [-0.2, -0.15) is 0 Å². The van der Waals surface area contributed by atoms with Gasteiger partial charge in [-0.05, 0) is 67.3 Å². The van der Waals surface area contributed by atoms with Crippen molar-refractivity contribution in [3.05, 3.63) is 66.5 Å². The molecule has 0 heterocycles. The maximum atomic E-state index is 10.3. The number of aliphatic hydroxyl groups excluding tert-OH is 1. The average molecular weight is 425 g/mol. The molecule has 100 valence electrons. The lowest BCUT2D eigenvalue weighted by atomic mass is 10.0. The summed E-state index contributed by atoms with van der Waals surface area (Å²) in [5.41, 5.74) is 1.57. The minimum Gasteiger partial charge on any atom is -0.388 e. The van der Waals surface area contributed by atoms with Crippen LogP contribution in [0.4, 0.5) is 0 Å². The molecule has 0 spiro atoms. The summed E-state index contributed by atoms with van der Waals surface area (Å²) in [6, 6.07) is 11.0. The Hall–Kier alpha value is -0.0600. The highest BCUT2D eigenvalue weighted by Crippen LogP contribution is 2.31. The van der Waals surface area contributed by atoms with Crippen molar-refractivity contribution in [1.82, 2.24) is 0 Å². The standard InChI is InChI=1S/C14H10Br2Cl2O/c15-10-5-4-8(6-11(10)16)14(19)7-9-12(17)2-1-3-13(9)18/h1-6,14,19H,7H2. The smallest absolute Gasteiger partial charge is 0.0831 e. The first-order valence-corrected chi connectivity index (χ1v) is 7.89. The van der Waals surface area contributed by atoms with Crippen molar-refractivity contribution in [3.8, 4) is 0 Å². The second kappa shape index (κ2) is 6.59. The van der Waals surface area contributed by atoms with E-state index < -0.39 is 6.10 Å². The van der Waals surface area contributed by atoms with E-state index in [9.17, 15) is 5.11 Å². The molecule has 0 aliphatic rings. The Morgan fingerprint density at radius 3 is 2.21 bits per heavy atom. The SMILES string of the molecule is OC(Cc1c(Cl)cccc1Cl)c1ccc(Br)c(Br)c1. The molecular weight excluding hydrogens is 415 g/mol. The molecule has 5 heteroatoms. The van der Waals surface area contributed by atoms with Gasteiger partial charge in [-0.3, -0.25) is 0 Å². The molecule has 0 aromatic heterocycles. The molecule has 1 atom stereocenters. The quantitative estimate of drug-likeness (QED) is 0.660. The third kappa shape index (κ3) is 3.73. The zero-order valence-corrected chi connectivity index (χ0v) is 14.4. The molecule has 19 heavy (non-hydrogen) atoms. The van der Waals surface area contributed by atoms with Gasteiger partial charge in [0.2, 0.25) is 0 Å². The molecule has 1 nitrogen and oxygen atoms in total. The van der Waals surface area contributed by atoms with E-state index in [2.05, 4.69) is 31.9 Å². The van der Waals surface area contributed by atoms with Crippen LogP contribution in [0.25, 0.3) is 0 Å². The van der Waals surface area contributed by atoms with Gasteiger partial charge in [-0.1, -0.05) is 35.3 Å². The van der Waals surface area contributed by atoms with Gasteiger partial charge in [0.05, 0.1) is 6.10 Å². The summed E-state index contributed by atoms with van der Waals surface area (Å²) in [6.07, 6.45) is -0.270. The molecule has 1 unspecified atom stereocenters. The van der Waals surface area contributed by atoms with Crippen LogP contribution in [-0.2, 0) is 6.42 Å². The lowest BCUT2D eigenvalue weighted by Gasteiger charge is -2.14. The topological polar surface area (TPSA) is 20.2 Å². The third-order valence-electron chi connectivity index (χ3n) is 2.79. The van der Waals surface area contributed by atoms with Crippen LogP contribution in [0.1, 0.15) is 17.2 Å². The van der Waals surface area contributed by atoms with E-state index in [4.69, 9.17) is 23.2 Å². The van der Waals surface area contributed by atoms with Crippen molar-refractivity contribution in [2.75, 3.05) is 0 Å². The average Bonchev–Trinajstić information content (AvgIpc) is 2.37. The maximum absolute atomic E-state index is 10.3. The fraction of sp³-hybridized carbons (Fsp3) is 0.143. The minimum atomic E-state index is -0.651. The first-order valence-electron chi connectivity index (χ1n) is 5.55. The van der Waals surface area contributed by atoms with Gasteiger partial charge >= 0.3 is 0 Å². The molecule has 0 amide bonds. The predicted octanol–water partition coefficient (Wildman–Crippen LogP) is 5.79. The Balaban J connectivity index is 2.25. The van der Waals surface area contributed by atoms with Gasteiger partial charge < -0.3 is 5.11 Å². The molecule has 0 aliphatic heterocycles. The van der Waals surface area contributed by atoms with Gasteiger partial charge in [-0.15, -0.1) is 0 Å². The van der Waals surface area contributed by atoms with E-state index in [1.54, 1.807) is 18.2 Å².